The molecule has 7 heteroatoms. The molecule has 0 aliphatic rings. The van der Waals surface area contributed by atoms with Gasteiger partial charge in [0, 0.05) is 13.1 Å². The predicted molar refractivity (Wildman–Crippen MR) is 96.1 cm³/mol. The highest BCUT2D eigenvalue weighted by molar-refractivity contribution is 7.18. The van der Waals surface area contributed by atoms with Crippen LogP contribution in [0.15, 0.2) is 12.1 Å². The number of rotatable bonds is 5. The fourth-order valence-corrected chi connectivity index (χ4v) is 2.93. The Morgan fingerprint density at radius 3 is 2.78 bits per heavy atom. The third-order valence-electron chi connectivity index (χ3n) is 3.00. The Kier molecular flexibility index (Phi) is 5.30. The highest BCUT2D eigenvalue weighted by atomic mass is 32.1. The van der Waals surface area contributed by atoms with Gasteiger partial charge >= 0.3 is 6.09 Å². The number of amides is 1. The molecule has 0 aliphatic heterocycles. The normalized spacial score (nSPS) is 11.5. The van der Waals surface area contributed by atoms with Gasteiger partial charge in [-0.3, -0.25) is 0 Å². The van der Waals surface area contributed by atoms with Crippen LogP contribution >= 0.6 is 11.3 Å². The minimum Gasteiger partial charge on any atom is -0.444 e. The number of ether oxygens (including phenoxy) is 1. The summed E-state index contributed by atoms with van der Waals surface area (Å²) in [5.74, 6) is 0. The Morgan fingerprint density at radius 1 is 1.35 bits per heavy atom. The number of alkyl carbamates (subject to hydrolysis) is 1. The topological polar surface area (TPSA) is 89.3 Å². The Labute approximate surface area is 140 Å². The van der Waals surface area contributed by atoms with Crippen LogP contribution in [0.3, 0.4) is 0 Å². The van der Waals surface area contributed by atoms with Crippen molar-refractivity contribution >= 4 is 39.0 Å². The average Bonchev–Trinajstić information content (AvgIpc) is 2.75. The van der Waals surface area contributed by atoms with E-state index in [-0.39, 0.29) is 0 Å². The van der Waals surface area contributed by atoms with Crippen molar-refractivity contribution < 1.29 is 9.53 Å². The number of hydrogen-bond acceptors (Lipinski definition) is 6. The van der Waals surface area contributed by atoms with Crippen LogP contribution in [-0.2, 0) is 4.74 Å². The maximum atomic E-state index is 11.5. The zero-order valence-corrected chi connectivity index (χ0v) is 14.8. The molecule has 0 fully saturated rings. The van der Waals surface area contributed by atoms with Crippen LogP contribution in [0.4, 0.5) is 16.2 Å². The number of aryl methyl sites for hydroxylation is 1. The standard InChI is InChI=1S/C16H24N4O2S/c1-10-20-13-9-12(11(17)8-14(13)23-10)18-6-5-7-19-15(21)22-16(2,3)4/h8-9,18H,5-7,17H2,1-4H3,(H,19,21). The SMILES string of the molecule is Cc1nc2cc(NCCCNC(=O)OC(C)(C)C)c(N)cc2s1. The first-order valence-electron chi connectivity index (χ1n) is 7.62. The molecule has 0 radical (unpaired) electrons. The van der Waals surface area contributed by atoms with E-state index in [1.165, 1.54) is 0 Å². The first-order valence-corrected chi connectivity index (χ1v) is 8.43. The van der Waals surface area contributed by atoms with E-state index >= 15 is 0 Å². The van der Waals surface area contributed by atoms with E-state index in [2.05, 4.69) is 15.6 Å². The predicted octanol–water partition coefficient (Wildman–Crippen LogP) is 3.51. The second-order valence-corrected chi connectivity index (χ2v) is 7.58. The first-order chi connectivity index (χ1) is 10.7. The van der Waals surface area contributed by atoms with E-state index in [0.29, 0.717) is 18.8 Å². The number of nitrogens with zero attached hydrogens (tertiary/aromatic N) is 1. The smallest absolute Gasteiger partial charge is 0.407 e. The molecular formula is C16H24N4O2S. The van der Waals surface area contributed by atoms with Crippen molar-refractivity contribution in [3.63, 3.8) is 0 Å². The molecule has 0 bridgehead atoms. The van der Waals surface area contributed by atoms with Crippen molar-refractivity contribution in [1.82, 2.24) is 10.3 Å². The molecule has 4 N–H and O–H groups in total. The number of benzene rings is 1. The Morgan fingerprint density at radius 2 is 2.09 bits per heavy atom. The van der Waals surface area contributed by atoms with Crippen LogP contribution in [0.2, 0.25) is 0 Å². The van der Waals surface area contributed by atoms with Crippen LogP contribution in [0.5, 0.6) is 0 Å². The number of fused-ring (bicyclic) bond motifs is 1. The number of thiazole rings is 1. The minimum atomic E-state index is -0.474. The number of nitrogens with two attached hydrogens (primary N) is 1. The molecule has 6 nitrogen and oxygen atoms in total. The van der Waals surface area contributed by atoms with E-state index in [1.807, 2.05) is 39.8 Å². The van der Waals surface area contributed by atoms with Gasteiger partial charge in [0.15, 0.2) is 0 Å². The minimum absolute atomic E-state index is 0.392. The van der Waals surface area contributed by atoms with Crippen LogP contribution < -0.4 is 16.4 Å². The molecule has 1 amide bonds. The van der Waals surface area contributed by atoms with Crippen molar-refractivity contribution in [1.29, 1.82) is 0 Å². The zero-order valence-electron chi connectivity index (χ0n) is 14.0. The molecule has 0 atom stereocenters. The molecule has 0 unspecified atom stereocenters. The van der Waals surface area contributed by atoms with Gasteiger partial charge in [0.1, 0.15) is 5.60 Å². The summed E-state index contributed by atoms with van der Waals surface area (Å²) in [6.45, 7) is 8.75. The molecule has 1 aromatic heterocycles. The summed E-state index contributed by atoms with van der Waals surface area (Å²) in [5.41, 5.74) is 8.12. The third-order valence-corrected chi connectivity index (χ3v) is 3.94. The summed E-state index contributed by atoms with van der Waals surface area (Å²) in [6.07, 6.45) is 0.378. The van der Waals surface area contributed by atoms with Gasteiger partial charge in [0.25, 0.3) is 0 Å². The van der Waals surface area contributed by atoms with Gasteiger partial charge in [0.05, 0.1) is 26.6 Å². The van der Waals surface area contributed by atoms with Gasteiger partial charge in [0.2, 0.25) is 0 Å². The molecule has 0 spiro atoms. The van der Waals surface area contributed by atoms with Crippen molar-refractivity contribution in [2.24, 2.45) is 0 Å². The lowest BCUT2D eigenvalue weighted by atomic mass is 10.2. The highest BCUT2D eigenvalue weighted by Crippen LogP contribution is 2.29. The van der Waals surface area contributed by atoms with Gasteiger partial charge in [-0.1, -0.05) is 0 Å². The lowest BCUT2D eigenvalue weighted by Crippen LogP contribution is -2.33. The summed E-state index contributed by atoms with van der Waals surface area (Å²) < 4.78 is 6.27. The first kappa shape index (κ1) is 17.3. The van der Waals surface area contributed by atoms with E-state index in [4.69, 9.17) is 10.5 Å². The van der Waals surface area contributed by atoms with Gasteiger partial charge in [-0.05, 0) is 46.2 Å². The van der Waals surface area contributed by atoms with Crippen molar-refractivity contribution in [3.05, 3.63) is 17.1 Å². The van der Waals surface area contributed by atoms with Crippen LogP contribution in [-0.4, -0.2) is 29.8 Å². The molecule has 2 aromatic rings. The van der Waals surface area contributed by atoms with E-state index in [1.54, 1.807) is 11.3 Å². The van der Waals surface area contributed by atoms with E-state index in [0.717, 1.165) is 27.3 Å². The second kappa shape index (κ2) is 7.04. The van der Waals surface area contributed by atoms with Gasteiger partial charge in [-0.15, -0.1) is 11.3 Å². The average molecular weight is 336 g/mol. The Bertz CT molecular complexity index is 691. The number of anilines is 2. The molecule has 0 aliphatic carbocycles. The van der Waals surface area contributed by atoms with Crippen LogP contribution in [0, 0.1) is 6.92 Å². The lowest BCUT2D eigenvalue weighted by molar-refractivity contribution is 0.0528. The summed E-state index contributed by atoms with van der Waals surface area (Å²) >= 11 is 1.63. The van der Waals surface area contributed by atoms with E-state index < -0.39 is 11.7 Å². The number of carbonyl (C=O) groups excluding carboxylic acids is 1. The molecule has 126 valence electrons. The third kappa shape index (κ3) is 5.28. The second-order valence-electron chi connectivity index (χ2n) is 6.35. The maximum Gasteiger partial charge on any atom is 0.407 e. The molecular weight excluding hydrogens is 312 g/mol. The largest absolute Gasteiger partial charge is 0.444 e. The van der Waals surface area contributed by atoms with Crippen molar-refractivity contribution in [2.45, 2.75) is 39.7 Å². The molecule has 0 saturated heterocycles. The molecule has 23 heavy (non-hydrogen) atoms. The number of carbonyl (C=O) groups is 1. The number of hydrogen-bond donors (Lipinski definition) is 3. The fourth-order valence-electron chi connectivity index (χ4n) is 2.07. The fraction of sp³-hybridized carbons (Fsp3) is 0.500. The maximum absolute atomic E-state index is 11.5. The van der Waals surface area contributed by atoms with Crippen molar-refractivity contribution in [3.8, 4) is 0 Å². The molecule has 1 aromatic carbocycles. The number of nitrogen functional groups attached to an aromatic ring is 1. The van der Waals surface area contributed by atoms with Gasteiger partial charge in [-0.2, -0.15) is 0 Å². The summed E-state index contributed by atoms with van der Waals surface area (Å²) in [6, 6.07) is 3.91. The zero-order chi connectivity index (χ0) is 17.0. The van der Waals surface area contributed by atoms with Gasteiger partial charge < -0.3 is 21.1 Å². The molecule has 1 heterocycles. The Hall–Kier alpha value is -2.02. The quantitative estimate of drug-likeness (QED) is 0.574. The molecule has 0 saturated carbocycles. The summed E-state index contributed by atoms with van der Waals surface area (Å²) in [4.78, 5) is 16.0. The highest BCUT2D eigenvalue weighted by Gasteiger charge is 2.15. The summed E-state index contributed by atoms with van der Waals surface area (Å²) in [5, 5.41) is 7.04. The van der Waals surface area contributed by atoms with Crippen LogP contribution in [0.25, 0.3) is 10.2 Å². The number of aromatic nitrogens is 1. The number of nitrogens with one attached hydrogen (secondary N) is 2. The monoisotopic (exact) mass is 336 g/mol. The van der Waals surface area contributed by atoms with Crippen LogP contribution in [0.1, 0.15) is 32.2 Å². The Balaban J connectivity index is 1.78. The van der Waals surface area contributed by atoms with Crippen molar-refractivity contribution in [2.75, 3.05) is 24.1 Å². The van der Waals surface area contributed by atoms with E-state index in [9.17, 15) is 4.79 Å². The van der Waals surface area contributed by atoms with Gasteiger partial charge in [-0.25, -0.2) is 9.78 Å². The lowest BCUT2D eigenvalue weighted by Gasteiger charge is -2.19. The molecule has 2 rings (SSSR count). The summed E-state index contributed by atoms with van der Waals surface area (Å²) in [7, 11) is 0.